The summed E-state index contributed by atoms with van der Waals surface area (Å²) in [4.78, 5) is 11.1. The Balaban J connectivity index is 1.67. The molecule has 0 fully saturated rings. The predicted octanol–water partition coefficient (Wildman–Crippen LogP) is 1.96. The number of hydrogen-bond donors (Lipinski definition) is 0. The summed E-state index contributed by atoms with van der Waals surface area (Å²) in [6, 6.07) is 12.0. The summed E-state index contributed by atoms with van der Waals surface area (Å²) in [5.74, 6) is 2.53. The van der Waals surface area contributed by atoms with Gasteiger partial charge in [0.1, 0.15) is 11.6 Å². The van der Waals surface area contributed by atoms with E-state index in [1.54, 1.807) is 4.63 Å². The Kier molecular flexibility index (Phi) is 3.00. The molecule has 0 saturated carbocycles. The smallest absolute Gasteiger partial charge is 0.176 e. The zero-order chi connectivity index (χ0) is 16.0. The van der Waals surface area contributed by atoms with Crippen molar-refractivity contribution in [2.75, 3.05) is 11.9 Å². The second-order valence-electron chi connectivity index (χ2n) is 5.63. The van der Waals surface area contributed by atoms with Gasteiger partial charge in [0.25, 0.3) is 0 Å². The quantitative estimate of drug-likeness (QED) is 0.579. The molecule has 0 aliphatic heterocycles. The molecule has 0 radical (unpaired) electrons. The zero-order valence-electron chi connectivity index (χ0n) is 13.3. The van der Waals surface area contributed by atoms with E-state index in [2.05, 4.69) is 30.7 Å². The average molecular weight is 307 g/mol. The van der Waals surface area contributed by atoms with Crippen molar-refractivity contribution in [3.05, 3.63) is 48.0 Å². The highest BCUT2D eigenvalue weighted by molar-refractivity contribution is 5.75. The van der Waals surface area contributed by atoms with Crippen molar-refractivity contribution in [2.24, 2.45) is 7.05 Å². The van der Waals surface area contributed by atoms with Crippen molar-refractivity contribution in [2.45, 2.75) is 13.5 Å². The number of para-hydroxylation sites is 2. The molecule has 3 aromatic heterocycles. The molecule has 3 heterocycles. The van der Waals surface area contributed by atoms with Gasteiger partial charge in [0.05, 0.1) is 17.6 Å². The molecule has 4 rings (SSSR count). The third kappa shape index (κ3) is 2.30. The van der Waals surface area contributed by atoms with Crippen LogP contribution in [0.1, 0.15) is 11.6 Å². The molecule has 1 aromatic carbocycles. The molecule has 0 unspecified atom stereocenters. The van der Waals surface area contributed by atoms with Gasteiger partial charge in [0.15, 0.2) is 11.5 Å². The molecular weight excluding hydrogens is 290 g/mol. The summed E-state index contributed by atoms with van der Waals surface area (Å²) in [5, 5.41) is 8.77. The lowest BCUT2D eigenvalue weighted by Gasteiger charge is -2.17. The lowest BCUT2D eigenvalue weighted by Crippen LogP contribution is -2.21. The van der Waals surface area contributed by atoms with E-state index in [1.807, 2.05) is 51.4 Å². The molecule has 0 N–H and O–H groups in total. The number of aromatic nitrogens is 6. The largest absolute Gasteiger partial charge is 0.351 e. The summed E-state index contributed by atoms with van der Waals surface area (Å²) in [6.45, 7) is 2.52. The lowest BCUT2D eigenvalue weighted by molar-refractivity contribution is 0.732. The van der Waals surface area contributed by atoms with E-state index >= 15 is 0 Å². The fourth-order valence-electron chi connectivity index (χ4n) is 2.71. The number of benzene rings is 1. The van der Waals surface area contributed by atoms with E-state index in [4.69, 9.17) is 4.98 Å². The van der Waals surface area contributed by atoms with Gasteiger partial charge in [-0.2, -0.15) is 0 Å². The van der Waals surface area contributed by atoms with Crippen LogP contribution >= 0.6 is 0 Å². The minimum absolute atomic E-state index is 0.664. The van der Waals surface area contributed by atoms with Crippen LogP contribution in [0.3, 0.4) is 0 Å². The van der Waals surface area contributed by atoms with Crippen molar-refractivity contribution >= 4 is 22.5 Å². The monoisotopic (exact) mass is 307 g/mol. The third-order valence-corrected chi connectivity index (χ3v) is 3.95. The van der Waals surface area contributed by atoms with Crippen LogP contribution in [0.5, 0.6) is 0 Å². The molecule has 0 amide bonds. The minimum atomic E-state index is 0.664. The average Bonchev–Trinajstić information content (AvgIpc) is 3.06. The molecule has 0 aliphatic rings. The molecule has 23 heavy (non-hydrogen) atoms. The van der Waals surface area contributed by atoms with E-state index in [-0.39, 0.29) is 0 Å². The molecule has 0 bridgehead atoms. The van der Waals surface area contributed by atoms with Gasteiger partial charge < -0.3 is 9.47 Å². The van der Waals surface area contributed by atoms with Crippen molar-refractivity contribution in [1.82, 2.24) is 29.4 Å². The van der Waals surface area contributed by atoms with Gasteiger partial charge in [-0.1, -0.05) is 12.1 Å². The van der Waals surface area contributed by atoms with E-state index < -0.39 is 0 Å². The normalized spacial score (nSPS) is 11.4. The minimum Gasteiger partial charge on any atom is -0.351 e. The molecule has 0 spiro atoms. The second-order valence-corrected chi connectivity index (χ2v) is 5.63. The van der Waals surface area contributed by atoms with E-state index in [0.29, 0.717) is 12.4 Å². The topological polar surface area (TPSA) is 64.1 Å². The Morgan fingerprint density at radius 2 is 1.87 bits per heavy atom. The Morgan fingerprint density at radius 1 is 1.04 bits per heavy atom. The highest BCUT2D eigenvalue weighted by Crippen LogP contribution is 2.17. The highest BCUT2D eigenvalue weighted by Gasteiger charge is 2.12. The van der Waals surface area contributed by atoms with Crippen molar-refractivity contribution < 1.29 is 0 Å². The van der Waals surface area contributed by atoms with Crippen LogP contribution in [0.2, 0.25) is 0 Å². The Hall–Kier alpha value is -2.96. The number of imidazole rings is 1. The van der Waals surface area contributed by atoms with Crippen molar-refractivity contribution in [3.8, 4) is 0 Å². The maximum atomic E-state index is 4.70. The zero-order valence-corrected chi connectivity index (χ0v) is 13.3. The van der Waals surface area contributed by atoms with Crippen LogP contribution in [0.4, 0.5) is 5.82 Å². The molecule has 7 nitrogen and oxygen atoms in total. The van der Waals surface area contributed by atoms with Crippen LogP contribution in [0.25, 0.3) is 16.7 Å². The molecule has 0 aliphatic carbocycles. The molecule has 0 saturated heterocycles. The summed E-state index contributed by atoms with van der Waals surface area (Å²) in [6.07, 6.45) is 0. The first-order chi connectivity index (χ1) is 11.1. The SMILES string of the molecule is Cc1nc2ccc(N(C)Cc3nc4ccccc4n3C)nn2n1. The van der Waals surface area contributed by atoms with Gasteiger partial charge in [-0.3, -0.25) is 0 Å². The van der Waals surface area contributed by atoms with Gasteiger partial charge >= 0.3 is 0 Å². The molecule has 0 atom stereocenters. The first-order valence-corrected chi connectivity index (χ1v) is 7.44. The Morgan fingerprint density at radius 3 is 2.70 bits per heavy atom. The Bertz CT molecular complexity index is 998. The first-order valence-electron chi connectivity index (χ1n) is 7.44. The fourth-order valence-corrected chi connectivity index (χ4v) is 2.71. The lowest BCUT2D eigenvalue weighted by atomic mass is 10.3. The number of fused-ring (bicyclic) bond motifs is 2. The van der Waals surface area contributed by atoms with E-state index in [0.717, 1.165) is 28.3 Å². The van der Waals surface area contributed by atoms with Crippen LogP contribution in [0.15, 0.2) is 36.4 Å². The summed E-state index contributed by atoms with van der Waals surface area (Å²) < 4.78 is 3.68. The van der Waals surface area contributed by atoms with E-state index in [9.17, 15) is 0 Å². The van der Waals surface area contributed by atoms with Crippen LogP contribution in [-0.2, 0) is 13.6 Å². The van der Waals surface area contributed by atoms with Gasteiger partial charge in [0, 0.05) is 14.1 Å². The van der Waals surface area contributed by atoms with Crippen molar-refractivity contribution in [3.63, 3.8) is 0 Å². The summed E-state index contributed by atoms with van der Waals surface area (Å²) in [7, 11) is 4.03. The molecule has 7 heteroatoms. The highest BCUT2D eigenvalue weighted by atomic mass is 15.5. The first kappa shape index (κ1) is 13.7. The van der Waals surface area contributed by atoms with Crippen LogP contribution in [-0.4, -0.2) is 36.4 Å². The standard InChI is InChI=1S/C16H17N7/c1-11-17-14-8-9-15(20-23(14)19-11)21(2)10-16-18-12-6-4-5-7-13(12)22(16)3/h4-9H,10H2,1-3H3. The third-order valence-electron chi connectivity index (χ3n) is 3.95. The molecule has 4 aromatic rings. The van der Waals surface area contributed by atoms with Gasteiger partial charge in [-0.25, -0.2) is 9.97 Å². The van der Waals surface area contributed by atoms with Gasteiger partial charge in [-0.15, -0.1) is 14.8 Å². The van der Waals surface area contributed by atoms with E-state index in [1.165, 1.54) is 0 Å². The van der Waals surface area contributed by atoms with Gasteiger partial charge in [-0.05, 0) is 31.2 Å². The van der Waals surface area contributed by atoms with Crippen LogP contribution in [0, 0.1) is 6.92 Å². The second kappa shape index (κ2) is 5.05. The Labute approximate surface area is 133 Å². The summed E-state index contributed by atoms with van der Waals surface area (Å²) in [5.41, 5.74) is 2.89. The predicted molar refractivity (Wildman–Crippen MR) is 88.3 cm³/mol. The fraction of sp³-hybridized carbons (Fsp3) is 0.250. The maximum absolute atomic E-state index is 4.70. The number of nitrogens with zero attached hydrogens (tertiary/aromatic N) is 7. The van der Waals surface area contributed by atoms with Crippen LogP contribution < -0.4 is 4.90 Å². The molecule has 116 valence electrons. The number of rotatable bonds is 3. The number of hydrogen-bond acceptors (Lipinski definition) is 5. The number of aryl methyl sites for hydroxylation is 2. The maximum Gasteiger partial charge on any atom is 0.176 e. The van der Waals surface area contributed by atoms with Crippen molar-refractivity contribution in [1.29, 1.82) is 0 Å². The van der Waals surface area contributed by atoms with Gasteiger partial charge in [0.2, 0.25) is 0 Å². The molecular formula is C16H17N7. The number of anilines is 1. The summed E-state index contributed by atoms with van der Waals surface area (Å²) >= 11 is 0.